The van der Waals surface area contributed by atoms with Crippen molar-refractivity contribution < 1.29 is 14.4 Å². The lowest BCUT2D eigenvalue weighted by molar-refractivity contribution is 0.0583. The lowest BCUT2D eigenvalue weighted by atomic mass is 9.92. The van der Waals surface area contributed by atoms with Gasteiger partial charge in [0.05, 0.1) is 35.5 Å². The summed E-state index contributed by atoms with van der Waals surface area (Å²) in [5.41, 5.74) is 11.0. The third-order valence-electron chi connectivity index (χ3n) is 5.91. The molecule has 8 heteroatoms. The van der Waals surface area contributed by atoms with Crippen LogP contribution in [0.15, 0.2) is 22.7 Å². The second-order valence-corrected chi connectivity index (χ2v) is 7.70. The Bertz CT molecular complexity index is 956. The fourth-order valence-corrected chi connectivity index (χ4v) is 4.43. The van der Waals surface area contributed by atoms with Gasteiger partial charge in [-0.15, -0.1) is 12.4 Å². The van der Waals surface area contributed by atoms with E-state index in [0.717, 1.165) is 65.1 Å². The number of aliphatic hydroxyl groups excluding tert-OH is 1. The van der Waals surface area contributed by atoms with Gasteiger partial charge in [-0.05, 0) is 57.2 Å². The SMILES string of the molecule is COC1CCC(n2c(C(N)CO)nc3cc(-c4c(C)noc4C)ccc32)CC1.Cl. The Kier molecular flexibility index (Phi) is 6.63. The number of halogens is 1. The number of nitrogens with zero attached hydrogens (tertiary/aromatic N) is 3. The molecule has 1 aliphatic carbocycles. The Morgan fingerprint density at radius 2 is 2.00 bits per heavy atom. The van der Waals surface area contributed by atoms with Gasteiger partial charge in [0, 0.05) is 18.7 Å². The minimum Gasteiger partial charge on any atom is -0.394 e. The van der Waals surface area contributed by atoms with E-state index in [9.17, 15) is 5.11 Å². The highest BCUT2D eigenvalue weighted by molar-refractivity contribution is 5.85. The van der Waals surface area contributed by atoms with Gasteiger partial charge in [0.15, 0.2) is 0 Å². The number of aliphatic hydroxyl groups is 1. The van der Waals surface area contributed by atoms with Crippen LogP contribution >= 0.6 is 12.4 Å². The van der Waals surface area contributed by atoms with E-state index in [2.05, 4.69) is 27.9 Å². The molecule has 0 aliphatic heterocycles. The lowest BCUT2D eigenvalue weighted by Gasteiger charge is -2.30. The van der Waals surface area contributed by atoms with Gasteiger partial charge in [0.1, 0.15) is 11.6 Å². The number of aromatic nitrogens is 3. The van der Waals surface area contributed by atoms with Gasteiger partial charge in [0.2, 0.25) is 0 Å². The average Bonchev–Trinajstić information content (AvgIpc) is 3.26. The summed E-state index contributed by atoms with van der Waals surface area (Å²) in [4.78, 5) is 4.82. The van der Waals surface area contributed by atoms with Crippen molar-refractivity contribution in [2.45, 2.75) is 57.7 Å². The zero-order valence-electron chi connectivity index (χ0n) is 17.1. The Labute approximate surface area is 176 Å². The van der Waals surface area contributed by atoms with Crippen LogP contribution in [0.25, 0.3) is 22.2 Å². The molecule has 0 amide bonds. The summed E-state index contributed by atoms with van der Waals surface area (Å²) in [6.07, 6.45) is 4.39. The predicted molar refractivity (Wildman–Crippen MR) is 114 cm³/mol. The molecule has 1 unspecified atom stereocenters. The fourth-order valence-electron chi connectivity index (χ4n) is 4.43. The molecule has 1 aliphatic rings. The first-order valence-electron chi connectivity index (χ1n) is 9.87. The van der Waals surface area contributed by atoms with Crippen LogP contribution in [-0.2, 0) is 4.74 Å². The maximum atomic E-state index is 9.67. The van der Waals surface area contributed by atoms with E-state index in [1.807, 2.05) is 13.8 Å². The molecule has 2 aromatic heterocycles. The Morgan fingerprint density at radius 1 is 1.28 bits per heavy atom. The molecule has 3 N–H and O–H groups in total. The van der Waals surface area contributed by atoms with Crippen molar-refractivity contribution in [3.05, 3.63) is 35.5 Å². The minimum atomic E-state index is -0.505. The molecule has 0 radical (unpaired) electrons. The second-order valence-electron chi connectivity index (χ2n) is 7.70. The zero-order chi connectivity index (χ0) is 19.8. The average molecular weight is 421 g/mol. The minimum absolute atomic E-state index is 0. The standard InChI is InChI=1S/C21H28N4O3.ClH/c1-12-20(13(2)28-24-12)14-4-9-19-18(10-14)23-21(17(22)11-26)25(19)15-5-7-16(27-3)8-6-15;/h4,9-10,15-17,26H,5-8,11,22H2,1-3H3;1H. The maximum Gasteiger partial charge on any atom is 0.141 e. The monoisotopic (exact) mass is 420 g/mol. The van der Waals surface area contributed by atoms with Crippen LogP contribution in [0, 0.1) is 13.8 Å². The molecule has 0 spiro atoms. The number of benzene rings is 1. The summed E-state index contributed by atoms with van der Waals surface area (Å²) in [6.45, 7) is 3.73. The largest absolute Gasteiger partial charge is 0.394 e. The highest BCUT2D eigenvalue weighted by Gasteiger charge is 2.27. The summed E-state index contributed by atoms with van der Waals surface area (Å²) >= 11 is 0. The number of methoxy groups -OCH3 is 1. The quantitative estimate of drug-likeness (QED) is 0.650. The highest BCUT2D eigenvalue weighted by Crippen LogP contribution is 2.36. The predicted octanol–water partition coefficient (Wildman–Crippen LogP) is 3.85. The molecule has 158 valence electrons. The fraction of sp³-hybridized carbons (Fsp3) is 0.524. The number of imidazole rings is 1. The van der Waals surface area contributed by atoms with Gasteiger partial charge in [0.25, 0.3) is 0 Å². The van der Waals surface area contributed by atoms with Crippen LogP contribution in [0.3, 0.4) is 0 Å². The summed E-state index contributed by atoms with van der Waals surface area (Å²) < 4.78 is 13.1. The molecule has 0 bridgehead atoms. The number of hydrogen-bond acceptors (Lipinski definition) is 6. The van der Waals surface area contributed by atoms with Crippen molar-refractivity contribution in [2.24, 2.45) is 5.73 Å². The molecule has 0 saturated heterocycles. The molecule has 7 nitrogen and oxygen atoms in total. The third kappa shape index (κ3) is 3.92. The van der Waals surface area contributed by atoms with E-state index in [1.54, 1.807) is 7.11 Å². The van der Waals surface area contributed by atoms with Crippen LogP contribution in [0.2, 0.25) is 0 Å². The van der Waals surface area contributed by atoms with Gasteiger partial charge in [-0.3, -0.25) is 0 Å². The van der Waals surface area contributed by atoms with E-state index >= 15 is 0 Å². The number of fused-ring (bicyclic) bond motifs is 1. The summed E-state index contributed by atoms with van der Waals surface area (Å²) in [7, 11) is 1.78. The second kappa shape index (κ2) is 8.83. The van der Waals surface area contributed by atoms with E-state index in [-0.39, 0.29) is 19.0 Å². The maximum absolute atomic E-state index is 9.67. The number of hydrogen-bond donors (Lipinski definition) is 2. The normalized spacial score (nSPS) is 20.6. The Hall–Kier alpha value is -1.93. The Morgan fingerprint density at radius 3 is 2.59 bits per heavy atom. The number of nitrogens with two attached hydrogens (primary N) is 1. The summed E-state index contributed by atoms with van der Waals surface area (Å²) in [5.74, 6) is 1.54. The molecule has 3 aromatic rings. The van der Waals surface area contributed by atoms with E-state index in [1.165, 1.54) is 0 Å². The van der Waals surface area contributed by atoms with Crippen molar-refractivity contribution in [1.82, 2.24) is 14.7 Å². The van der Waals surface area contributed by atoms with Gasteiger partial charge in [-0.1, -0.05) is 11.2 Å². The molecule has 1 saturated carbocycles. The van der Waals surface area contributed by atoms with Crippen molar-refractivity contribution in [3.8, 4) is 11.1 Å². The van der Waals surface area contributed by atoms with Crippen molar-refractivity contribution in [2.75, 3.05) is 13.7 Å². The van der Waals surface area contributed by atoms with Crippen LogP contribution < -0.4 is 5.73 Å². The van der Waals surface area contributed by atoms with Gasteiger partial charge >= 0.3 is 0 Å². The van der Waals surface area contributed by atoms with Crippen molar-refractivity contribution in [3.63, 3.8) is 0 Å². The van der Waals surface area contributed by atoms with Gasteiger partial charge in [-0.2, -0.15) is 0 Å². The first-order valence-corrected chi connectivity index (χ1v) is 9.87. The summed E-state index contributed by atoms with van der Waals surface area (Å²) in [5, 5.41) is 13.7. The van der Waals surface area contributed by atoms with Crippen molar-refractivity contribution in [1.29, 1.82) is 0 Å². The van der Waals surface area contributed by atoms with Gasteiger partial charge < -0.3 is 24.7 Å². The summed E-state index contributed by atoms with van der Waals surface area (Å²) in [6, 6.07) is 6.05. The van der Waals surface area contributed by atoms with Crippen LogP contribution in [0.5, 0.6) is 0 Å². The molecule has 1 atom stereocenters. The highest BCUT2D eigenvalue weighted by atomic mass is 35.5. The molecule has 1 aromatic carbocycles. The number of rotatable bonds is 5. The number of aryl methyl sites for hydroxylation is 2. The third-order valence-corrected chi connectivity index (χ3v) is 5.91. The van der Waals surface area contributed by atoms with Crippen LogP contribution in [0.4, 0.5) is 0 Å². The number of ether oxygens (including phenoxy) is 1. The van der Waals surface area contributed by atoms with E-state index in [4.69, 9.17) is 20.0 Å². The zero-order valence-corrected chi connectivity index (χ0v) is 17.9. The molecule has 4 rings (SSSR count). The van der Waals surface area contributed by atoms with Crippen LogP contribution in [-0.4, -0.2) is 39.6 Å². The molecular formula is C21H29ClN4O3. The van der Waals surface area contributed by atoms with Crippen LogP contribution in [0.1, 0.15) is 55.0 Å². The van der Waals surface area contributed by atoms with E-state index in [0.29, 0.717) is 12.1 Å². The first kappa shape index (κ1) is 21.8. The molecule has 1 fully saturated rings. The van der Waals surface area contributed by atoms with E-state index < -0.39 is 6.04 Å². The topological polar surface area (TPSA) is 99.3 Å². The van der Waals surface area contributed by atoms with Gasteiger partial charge in [-0.25, -0.2) is 4.98 Å². The smallest absolute Gasteiger partial charge is 0.141 e. The molecule has 29 heavy (non-hydrogen) atoms. The Balaban J connectivity index is 0.00000240. The van der Waals surface area contributed by atoms with Crippen molar-refractivity contribution >= 4 is 23.4 Å². The first-order chi connectivity index (χ1) is 13.5. The molecular weight excluding hydrogens is 392 g/mol. The lowest BCUT2D eigenvalue weighted by Crippen LogP contribution is -2.27. The molecule has 2 heterocycles.